The van der Waals surface area contributed by atoms with E-state index in [-0.39, 0.29) is 4.75 Å². The summed E-state index contributed by atoms with van der Waals surface area (Å²) in [4.78, 5) is 4.67. The van der Waals surface area contributed by atoms with Crippen molar-refractivity contribution in [1.82, 2.24) is 10.6 Å². The van der Waals surface area contributed by atoms with Crippen molar-refractivity contribution in [3.05, 3.63) is 35.4 Å². The fourth-order valence-electron chi connectivity index (χ4n) is 2.22. The molecule has 0 amide bonds. The largest absolute Gasteiger partial charge is 0.357 e. The Morgan fingerprint density at radius 2 is 2.00 bits per heavy atom. The lowest BCUT2D eigenvalue weighted by atomic mass is 10.00. The first-order valence-corrected chi connectivity index (χ1v) is 10.0. The number of nitrogens with one attached hydrogen (secondary N) is 2. The predicted octanol–water partition coefficient (Wildman–Crippen LogP) is 3.20. The average Bonchev–Trinajstić information content (AvgIpc) is 2.51. The predicted molar refractivity (Wildman–Crippen MR) is 106 cm³/mol. The molecule has 0 bridgehead atoms. The van der Waals surface area contributed by atoms with E-state index < -0.39 is 10.8 Å². The van der Waals surface area contributed by atoms with Gasteiger partial charge >= 0.3 is 0 Å². The van der Waals surface area contributed by atoms with Gasteiger partial charge in [0.15, 0.2) is 5.96 Å². The quantitative estimate of drug-likeness (QED) is 0.586. The summed E-state index contributed by atoms with van der Waals surface area (Å²) in [5, 5.41) is 6.54. The number of guanidine groups is 1. The van der Waals surface area contributed by atoms with Crippen LogP contribution in [0.5, 0.6) is 0 Å². The molecule has 0 aromatic heterocycles. The zero-order valence-corrected chi connectivity index (χ0v) is 16.8. The summed E-state index contributed by atoms with van der Waals surface area (Å²) >= 11 is 0. The summed E-state index contributed by atoms with van der Waals surface area (Å²) in [6.45, 7) is 14.6. The number of aliphatic imine (C=N–C) groups is 1. The van der Waals surface area contributed by atoms with Gasteiger partial charge in [-0.2, -0.15) is 0 Å². The van der Waals surface area contributed by atoms with Crippen molar-refractivity contribution in [2.45, 2.75) is 52.2 Å². The molecule has 0 spiro atoms. The van der Waals surface area contributed by atoms with E-state index in [1.54, 1.807) is 0 Å². The minimum Gasteiger partial charge on any atom is -0.357 e. The summed E-state index contributed by atoms with van der Waals surface area (Å²) in [5.74, 6) is 1.79. The summed E-state index contributed by atoms with van der Waals surface area (Å²) in [6.07, 6.45) is 0. The topological polar surface area (TPSA) is 53.5 Å². The van der Waals surface area contributed by atoms with Crippen LogP contribution in [0.25, 0.3) is 0 Å². The number of hydrogen-bond acceptors (Lipinski definition) is 2. The van der Waals surface area contributed by atoms with Gasteiger partial charge in [-0.15, -0.1) is 0 Å². The lowest BCUT2D eigenvalue weighted by molar-refractivity contribution is 0.647. The van der Waals surface area contributed by atoms with E-state index >= 15 is 0 Å². The minimum atomic E-state index is -0.848. The normalized spacial score (nSPS) is 15.0. The second kappa shape index (κ2) is 9.82. The van der Waals surface area contributed by atoms with Crippen molar-refractivity contribution in [2.75, 3.05) is 25.4 Å². The van der Waals surface area contributed by atoms with Crippen molar-refractivity contribution in [3.63, 3.8) is 0 Å². The Bertz CT molecular complexity index is 564. The van der Waals surface area contributed by atoms with Crippen LogP contribution in [0.1, 0.15) is 51.7 Å². The van der Waals surface area contributed by atoms with E-state index in [9.17, 15) is 4.21 Å². The van der Waals surface area contributed by atoms with Crippen LogP contribution in [0.3, 0.4) is 0 Å². The van der Waals surface area contributed by atoms with Gasteiger partial charge in [0.25, 0.3) is 0 Å². The Balaban J connectivity index is 2.57. The zero-order valence-electron chi connectivity index (χ0n) is 16.0. The monoisotopic (exact) mass is 351 g/mol. The Hall–Kier alpha value is -1.36. The lowest BCUT2D eigenvalue weighted by Gasteiger charge is -2.19. The van der Waals surface area contributed by atoms with E-state index in [0.29, 0.717) is 18.2 Å². The average molecular weight is 352 g/mol. The van der Waals surface area contributed by atoms with Crippen LogP contribution in [-0.2, 0) is 10.8 Å². The maximum atomic E-state index is 12.1. The van der Waals surface area contributed by atoms with Crippen molar-refractivity contribution >= 4 is 16.8 Å². The molecule has 0 saturated carbocycles. The molecule has 0 heterocycles. The Morgan fingerprint density at radius 3 is 2.58 bits per heavy atom. The van der Waals surface area contributed by atoms with Gasteiger partial charge in [-0.25, -0.2) is 0 Å². The molecule has 5 heteroatoms. The highest BCUT2D eigenvalue weighted by atomic mass is 32.2. The molecule has 1 aromatic carbocycles. The molecule has 0 saturated heterocycles. The lowest BCUT2D eigenvalue weighted by Crippen LogP contribution is -2.40. The highest BCUT2D eigenvalue weighted by molar-refractivity contribution is 7.86. The number of hydrogen-bond donors (Lipinski definition) is 2. The molecule has 1 rings (SSSR count). The van der Waals surface area contributed by atoms with Crippen molar-refractivity contribution in [3.8, 4) is 0 Å². The number of aryl methyl sites for hydroxylation is 1. The first-order chi connectivity index (χ1) is 11.2. The first kappa shape index (κ1) is 20.7. The molecule has 136 valence electrons. The van der Waals surface area contributed by atoms with Crippen LogP contribution in [0, 0.1) is 6.92 Å². The Labute approximate surface area is 150 Å². The van der Waals surface area contributed by atoms with Gasteiger partial charge in [-0.1, -0.05) is 36.8 Å². The van der Waals surface area contributed by atoms with Crippen LogP contribution in [0.2, 0.25) is 0 Å². The molecule has 1 aromatic rings. The molecular weight excluding hydrogens is 318 g/mol. The van der Waals surface area contributed by atoms with Crippen molar-refractivity contribution < 1.29 is 4.21 Å². The molecule has 2 unspecified atom stereocenters. The highest BCUT2D eigenvalue weighted by Crippen LogP contribution is 2.16. The summed E-state index contributed by atoms with van der Waals surface area (Å²) in [6, 6.07) is 8.57. The fraction of sp³-hybridized carbons (Fsp3) is 0.632. The second-order valence-electron chi connectivity index (χ2n) is 7.12. The van der Waals surface area contributed by atoms with Crippen molar-refractivity contribution in [1.29, 1.82) is 0 Å². The van der Waals surface area contributed by atoms with Gasteiger partial charge in [0, 0.05) is 46.9 Å². The summed E-state index contributed by atoms with van der Waals surface area (Å²) in [5.41, 5.74) is 2.58. The van der Waals surface area contributed by atoms with Crippen LogP contribution in [0.4, 0.5) is 0 Å². The third-order valence-corrected chi connectivity index (χ3v) is 5.68. The second-order valence-corrected chi connectivity index (χ2v) is 9.45. The molecular formula is C19H33N3OS. The van der Waals surface area contributed by atoms with Gasteiger partial charge in [0.2, 0.25) is 0 Å². The Kier molecular flexibility index (Phi) is 8.46. The molecule has 4 nitrogen and oxygen atoms in total. The standard InChI is InChI=1S/C19H33N3OS/c1-7-20-18(21-11-12-24(23)19(4,5)6)22-14-16(3)17-10-8-9-15(2)13-17/h8-10,13,16H,7,11-12,14H2,1-6H3,(H2,20,21,22). The van der Waals surface area contributed by atoms with Gasteiger partial charge in [-0.05, 0) is 40.2 Å². The van der Waals surface area contributed by atoms with Gasteiger partial charge in [0.1, 0.15) is 0 Å². The Morgan fingerprint density at radius 1 is 1.29 bits per heavy atom. The van der Waals surface area contributed by atoms with Crippen LogP contribution >= 0.6 is 0 Å². The minimum absolute atomic E-state index is 0.170. The molecule has 2 atom stereocenters. The molecule has 0 aliphatic rings. The summed E-state index contributed by atoms with van der Waals surface area (Å²) in [7, 11) is -0.848. The van der Waals surface area contributed by atoms with E-state index in [1.165, 1.54) is 11.1 Å². The molecule has 0 fully saturated rings. The maximum absolute atomic E-state index is 12.1. The SMILES string of the molecule is CCNC(=NCC(C)c1cccc(C)c1)NCCS(=O)C(C)(C)C. The van der Waals surface area contributed by atoms with Gasteiger partial charge in [0.05, 0.1) is 0 Å². The molecule has 0 radical (unpaired) electrons. The van der Waals surface area contributed by atoms with Crippen molar-refractivity contribution in [2.24, 2.45) is 4.99 Å². The van der Waals surface area contributed by atoms with E-state index in [0.717, 1.165) is 19.0 Å². The fourth-order valence-corrected chi connectivity index (χ4v) is 3.12. The van der Waals surface area contributed by atoms with Crippen LogP contribution < -0.4 is 10.6 Å². The first-order valence-electron chi connectivity index (χ1n) is 8.71. The number of rotatable bonds is 7. The van der Waals surface area contributed by atoms with Gasteiger partial charge < -0.3 is 10.6 Å². The van der Waals surface area contributed by atoms with Crippen LogP contribution in [0.15, 0.2) is 29.3 Å². The molecule has 0 aliphatic carbocycles. The third kappa shape index (κ3) is 7.47. The molecule has 24 heavy (non-hydrogen) atoms. The number of benzene rings is 1. The number of nitrogens with zero attached hydrogens (tertiary/aromatic N) is 1. The maximum Gasteiger partial charge on any atom is 0.191 e. The molecule has 0 aliphatic heterocycles. The third-order valence-electron chi connectivity index (χ3n) is 3.74. The van der Waals surface area contributed by atoms with E-state index in [2.05, 4.69) is 60.7 Å². The van der Waals surface area contributed by atoms with Crippen LogP contribution in [-0.4, -0.2) is 40.3 Å². The summed E-state index contributed by atoms with van der Waals surface area (Å²) < 4.78 is 11.9. The smallest absolute Gasteiger partial charge is 0.191 e. The zero-order chi connectivity index (χ0) is 18.2. The van der Waals surface area contributed by atoms with E-state index in [1.807, 2.05) is 20.8 Å². The van der Waals surface area contributed by atoms with Gasteiger partial charge in [-0.3, -0.25) is 9.20 Å². The molecule has 2 N–H and O–H groups in total. The highest BCUT2D eigenvalue weighted by Gasteiger charge is 2.18. The van der Waals surface area contributed by atoms with E-state index in [4.69, 9.17) is 0 Å².